The molecule has 0 fully saturated rings. The molecule has 0 aliphatic heterocycles. The molecule has 0 bridgehead atoms. The minimum absolute atomic E-state index is 0.000605. The second-order valence-electron chi connectivity index (χ2n) is 3.27. The molecule has 8 heteroatoms. The van der Waals surface area contributed by atoms with Gasteiger partial charge in [-0.3, -0.25) is 10.1 Å². The molecule has 18 heavy (non-hydrogen) atoms. The van der Waals surface area contributed by atoms with Crippen molar-refractivity contribution in [1.29, 1.82) is 5.26 Å². The van der Waals surface area contributed by atoms with Gasteiger partial charge in [0.15, 0.2) is 5.82 Å². The first-order chi connectivity index (χ1) is 8.54. The van der Waals surface area contributed by atoms with Crippen LogP contribution in [0, 0.1) is 27.3 Å². The highest BCUT2D eigenvalue weighted by molar-refractivity contribution is 9.10. The van der Waals surface area contributed by atoms with E-state index >= 15 is 0 Å². The van der Waals surface area contributed by atoms with E-state index in [0.29, 0.717) is 0 Å². The van der Waals surface area contributed by atoms with Gasteiger partial charge in [0.05, 0.1) is 15.0 Å². The standard InChI is InChI=1S/C10H4BrFN4O2/c11-9-6(3-13)1-2-8(10(9)12)15-5-7(4-14-15)16(17)18/h1-2,4-5H. The van der Waals surface area contributed by atoms with Crippen molar-refractivity contribution in [1.82, 2.24) is 9.78 Å². The van der Waals surface area contributed by atoms with Crippen LogP contribution in [0.4, 0.5) is 10.1 Å². The molecule has 0 aliphatic rings. The van der Waals surface area contributed by atoms with Crippen LogP contribution >= 0.6 is 15.9 Å². The Morgan fingerprint density at radius 1 is 1.56 bits per heavy atom. The summed E-state index contributed by atoms with van der Waals surface area (Å²) < 4.78 is 15.0. The molecule has 0 saturated carbocycles. The molecule has 90 valence electrons. The Balaban J connectivity index is 2.55. The van der Waals surface area contributed by atoms with E-state index < -0.39 is 10.7 Å². The Kier molecular flexibility index (Phi) is 3.08. The van der Waals surface area contributed by atoms with E-state index in [4.69, 9.17) is 5.26 Å². The molecular formula is C10H4BrFN4O2. The number of nitro groups is 1. The van der Waals surface area contributed by atoms with Crippen molar-refractivity contribution in [2.45, 2.75) is 0 Å². The highest BCUT2D eigenvalue weighted by Gasteiger charge is 2.16. The number of hydrogen-bond acceptors (Lipinski definition) is 4. The van der Waals surface area contributed by atoms with Crippen molar-refractivity contribution < 1.29 is 9.31 Å². The van der Waals surface area contributed by atoms with E-state index in [1.54, 1.807) is 0 Å². The van der Waals surface area contributed by atoms with E-state index in [1.807, 2.05) is 6.07 Å². The zero-order chi connectivity index (χ0) is 13.3. The maximum absolute atomic E-state index is 13.9. The van der Waals surface area contributed by atoms with Crippen LogP contribution in [0.3, 0.4) is 0 Å². The number of rotatable bonds is 2. The molecule has 0 N–H and O–H groups in total. The number of benzene rings is 1. The van der Waals surface area contributed by atoms with Gasteiger partial charge in [-0.25, -0.2) is 9.07 Å². The molecule has 1 heterocycles. The zero-order valence-corrected chi connectivity index (χ0v) is 10.3. The number of aromatic nitrogens is 2. The lowest BCUT2D eigenvalue weighted by Crippen LogP contribution is -2.00. The van der Waals surface area contributed by atoms with Gasteiger partial charge in [-0.05, 0) is 28.1 Å². The Bertz CT molecular complexity index is 677. The minimum Gasteiger partial charge on any atom is -0.258 e. The van der Waals surface area contributed by atoms with Gasteiger partial charge < -0.3 is 0 Å². The summed E-state index contributed by atoms with van der Waals surface area (Å²) in [5.74, 6) is -0.702. The van der Waals surface area contributed by atoms with Crippen LogP contribution in [0.25, 0.3) is 5.69 Å². The highest BCUT2D eigenvalue weighted by Crippen LogP contribution is 2.26. The lowest BCUT2D eigenvalue weighted by Gasteiger charge is -2.05. The molecular weight excluding hydrogens is 307 g/mol. The van der Waals surface area contributed by atoms with Crippen LogP contribution in [0.2, 0.25) is 0 Å². The van der Waals surface area contributed by atoms with Crippen molar-refractivity contribution in [3.05, 3.63) is 50.5 Å². The number of hydrogen-bond donors (Lipinski definition) is 0. The Morgan fingerprint density at radius 2 is 2.28 bits per heavy atom. The Hall–Kier alpha value is -2.27. The second-order valence-corrected chi connectivity index (χ2v) is 4.07. The van der Waals surface area contributed by atoms with Crippen LogP contribution in [0.5, 0.6) is 0 Å². The molecule has 1 aromatic carbocycles. The normalized spacial score (nSPS) is 10.1. The maximum atomic E-state index is 13.9. The zero-order valence-electron chi connectivity index (χ0n) is 8.67. The number of halogens is 2. The highest BCUT2D eigenvalue weighted by atomic mass is 79.9. The lowest BCUT2D eigenvalue weighted by atomic mass is 10.2. The Morgan fingerprint density at radius 3 is 2.83 bits per heavy atom. The number of nitriles is 1. The van der Waals surface area contributed by atoms with Gasteiger partial charge >= 0.3 is 5.69 Å². The van der Waals surface area contributed by atoms with E-state index in [1.165, 1.54) is 12.1 Å². The van der Waals surface area contributed by atoms with Crippen molar-refractivity contribution in [2.24, 2.45) is 0 Å². The van der Waals surface area contributed by atoms with E-state index in [-0.39, 0.29) is 21.4 Å². The fourth-order valence-electron chi connectivity index (χ4n) is 1.34. The predicted molar refractivity (Wildman–Crippen MR) is 62.6 cm³/mol. The summed E-state index contributed by atoms with van der Waals surface area (Å²) in [6, 6.07) is 4.54. The third kappa shape index (κ3) is 1.96. The molecule has 0 saturated heterocycles. The molecule has 0 amide bonds. The summed E-state index contributed by atoms with van der Waals surface area (Å²) in [5, 5.41) is 22.9. The van der Waals surface area contributed by atoms with Gasteiger partial charge in [0.25, 0.3) is 0 Å². The van der Waals surface area contributed by atoms with Crippen LogP contribution in [-0.2, 0) is 0 Å². The summed E-state index contributed by atoms with van der Waals surface area (Å²) in [7, 11) is 0. The fraction of sp³-hybridized carbons (Fsp3) is 0. The maximum Gasteiger partial charge on any atom is 0.307 e. The third-order valence-electron chi connectivity index (χ3n) is 2.21. The van der Waals surface area contributed by atoms with Crippen molar-refractivity contribution >= 4 is 21.6 Å². The third-order valence-corrected chi connectivity index (χ3v) is 2.98. The van der Waals surface area contributed by atoms with Crippen molar-refractivity contribution in [2.75, 3.05) is 0 Å². The van der Waals surface area contributed by atoms with Gasteiger partial charge in [-0.15, -0.1) is 0 Å². The average Bonchev–Trinajstić information content (AvgIpc) is 2.82. The van der Waals surface area contributed by atoms with Crippen LogP contribution in [-0.4, -0.2) is 14.7 Å². The summed E-state index contributed by atoms with van der Waals surface area (Å²) in [6.07, 6.45) is 2.11. The van der Waals surface area contributed by atoms with Crippen molar-refractivity contribution in [3.63, 3.8) is 0 Å². The van der Waals surface area contributed by atoms with Gasteiger partial charge in [-0.1, -0.05) is 0 Å². The van der Waals surface area contributed by atoms with Crippen LogP contribution < -0.4 is 0 Å². The monoisotopic (exact) mass is 310 g/mol. The Labute approximate surface area is 109 Å². The summed E-state index contributed by atoms with van der Waals surface area (Å²) >= 11 is 2.95. The SMILES string of the molecule is N#Cc1ccc(-n2cc([N+](=O)[O-])cn2)c(F)c1Br. The number of nitrogens with zero attached hydrogens (tertiary/aromatic N) is 4. The van der Waals surface area contributed by atoms with Gasteiger partial charge in [0, 0.05) is 0 Å². The van der Waals surface area contributed by atoms with Gasteiger partial charge in [0.2, 0.25) is 0 Å². The molecule has 0 spiro atoms. The molecule has 0 radical (unpaired) electrons. The van der Waals surface area contributed by atoms with Crippen LogP contribution in [0.15, 0.2) is 29.0 Å². The van der Waals surface area contributed by atoms with E-state index in [9.17, 15) is 14.5 Å². The fourth-order valence-corrected chi connectivity index (χ4v) is 1.77. The molecule has 0 atom stereocenters. The van der Waals surface area contributed by atoms with Crippen molar-refractivity contribution in [3.8, 4) is 11.8 Å². The average molecular weight is 311 g/mol. The molecule has 2 aromatic rings. The summed E-state index contributed by atoms with van der Waals surface area (Å²) in [6.45, 7) is 0. The van der Waals surface area contributed by atoms with Gasteiger partial charge in [0.1, 0.15) is 24.2 Å². The summed E-state index contributed by atoms with van der Waals surface area (Å²) in [5.41, 5.74) is -0.0817. The smallest absolute Gasteiger partial charge is 0.258 e. The first-order valence-corrected chi connectivity index (χ1v) is 5.41. The van der Waals surface area contributed by atoms with Gasteiger partial charge in [-0.2, -0.15) is 10.4 Å². The second kappa shape index (κ2) is 4.54. The topological polar surface area (TPSA) is 84.8 Å². The molecule has 0 unspecified atom stereocenters. The van der Waals surface area contributed by atoms with E-state index in [0.717, 1.165) is 17.1 Å². The predicted octanol–water partition coefficient (Wildman–Crippen LogP) is 2.55. The largest absolute Gasteiger partial charge is 0.307 e. The first-order valence-electron chi connectivity index (χ1n) is 4.62. The molecule has 1 aromatic heterocycles. The molecule has 2 rings (SSSR count). The molecule has 0 aliphatic carbocycles. The quantitative estimate of drug-likeness (QED) is 0.630. The first kappa shape index (κ1) is 12.2. The lowest BCUT2D eigenvalue weighted by molar-refractivity contribution is -0.384. The molecule has 6 nitrogen and oxygen atoms in total. The summed E-state index contributed by atoms with van der Waals surface area (Å²) in [4.78, 5) is 9.88. The van der Waals surface area contributed by atoms with Crippen LogP contribution in [0.1, 0.15) is 5.56 Å². The van der Waals surface area contributed by atoms with E-state index in [2.05, 4.69) is 21.0 Å². The minimum atomic E-state index is -0.702.